The number of likely N-dealkylation sites (tertiary alicyclic amines) is 1. The van der Waals surface area contributed by atoms with Crippen LogP contribution in [0.25, 0.3) is 6.08 Å². The molecule has 126 valence electrons. The quantitative estimate of drug-likeness (QED) is 0.788. The van der Waals surface area contributed by atoms with E-state index in [4.69, 9.17) is 0 Å². The number of nitrogens with zero attached hydrogens (tertiary/aromatic N) is 2. The SMILES string of the molecule is CCc1ccc(/C=C2\SC(=O)N(CC(=O)N3CCCC3)C2=O)cc1. The van der Waals surface area contributed by atoms with E-state index in [1.807, 2.05) is 24.3 Å². The lowest BCUT2D eigenvalue weighted by Crippen LogP contribution is -2.40. The summed E-state index contributed by atoms with van der Waals surface area (Å²) in [6.45, 7) is 3.36. The molecular formula is C18H20N2O3S. The lowest BCUT2D eigenvalue weighted by molar-refractivity contribution is -0.135. The molecule has 1 aromatic carbocycles. The largest absolute Gasteiger partial charge is 0.341 e. The highest BCUT2D eigenvalue weighted by Gasteiger charge is 2.37. The molecule has 0 atom stereocenters. The van der Waals surface area contributed by atoms with Gasteiger partial charge in [0.25, 0.3) is 11.1 Å². The molecule has 0 spiro atoms. The zero-order chi connectivity index (χ0) is 17.1. The zero-order valence-corrected chi connectivity index (χ0v) is 14.5. The molecule has 3 amide bonds. The topological polar surface area (TPSA) is 57.7 Å². The molecular weight excluding hydrogens is 324 g/mol. The average molecular weight is 344 g/mol. The average Bonchev–Trinajstić information content (AvgIpc) is 3.20. The van der Waals surface area contributed by atoms with E-state index >= 15 is 0 Å². The van der Waals surface area contributed by atoms with Crippen LogP contribution in [0.4, 0.5) is 4.79 Å². The van der Waals surface area contributed by atoms with Crippen molar-refractivity contribution in [2.24, 2.45) is 0 Å². The minimum Gasteiger partial charge on any atom is -0.341 e. The van der Waals surface area contributed by atoms with Crippen LogP contribution in [0, 0.1) is 0 Å². The number of carbonyl (C=O) groups is 3. The van der Waals surface area contributed by atoms with Gasteiger partial charge in [0, 0.05) is 13.1 Å². The van der Waals surface area contributed by atoms with Crippen molar-refractivity contribution in [2.45, 2.75) is 26.2 Å². The molecule has 0 bridgehead atoms. The first kappa shape index (κ1) is 16.8. The van der Waals surface area contributed by atoms with Gasteiger partial charge in [0.2, 0.25) is 5.91 Å². The van der Waals surface area contributed by atoms with Gasteiger partial charge in [0.1, 0.15) is 6.54 Å². The molecule has 0 radical (unpaired) electrons. The number of carbonyl (C=O) groups excluding carboxylic acids is 3. The number of hydrogen-bond acceptors (Lipinski definition) is 4. The number of amides is 3. The first-order valence-corrected chi connectivity index (χ1v) is 9.02. The molecule has 0 aromatic heterocycles. The molecule has 2 heterocycles. The fraction of sp³-hybridized carbons (Fsp3) is 0.389. The number of benzene rings is 1. The van der Waals surface area contributed by atoms with Crippen LogP contribution >= 0.6 is 11.8 Å². The molecule has 1 aromatic rings. The summed E-state index contributed by atoms with van der Waals surface area (Å²) >= 11 is 0.899. The number of imide groups is 1. The van der Waals surface area contributed by atoms with Crippen LogP contribution in [0.2, 0.25) is 0 Å². The molecule has 0 saturated carbocycles. The molecule has 2 aliphatic heterocycles. The molecule has 6 heteroatoms. The van der Waals surface area contributed by atoms with Crippen LogP contribution in [-0.2, 0) is 16.0 Å². The molecule has 2 aliphatic rings. The third-order valence-electron chi connectivity index (χ3n) is 4.31. The summed E-state index contributed by atoms with van der Waals surface area (Å²) in [4.78, 5) is 39.9. The standard InChI is InChI=1S/C18H20N2O3S/c1-2-13-5-7-14(8-6-13)11-15-17(22)20(18(23)24-15)12-16(21)19-9-3-4-10-19/h5-8,11H,2-4,9-10,12H2,1H3/b15-11-. The van der Waals surface area contributed by atoms with Gasteiger partial charge in [-0.2, -0.15) is 0 Å². The van der Waals surface area contributed by atoms with Crippen molar-refractivity contribution in [1.29, 1.82) is 0 Å². The van der Waals surface area contributed by atoms with E-state index in [9.17, 15) is 14.4 Å². The van der Waals surface area contributed by atoms with Gasteiger partial charge in [-0.1, -0.05) is 31.2 Å². The van der Waals surface area contributed by atoms with Gasteiger partial charge in [-0.05, 0) is 48.2 Å². The highest BCUT2D eigenvalue weighted by Crippen LogP contribution is 2.32. The fourth-order valence-corrected chi connectivity index (χ4v) is 3.68. The molecule has 5 nitrogen and oxygen atoms in total. The van der Waals surface area contributed by atoms with Crippen molar-refractivity contribution >= 4 is 34.9 Å². The van der Waals surface area contributed by atoms with Crippen molar-refractivity contribution in [3.05, 3.63) is 40.3 Å². The maximum Gasteiger partial charge on any atom is 0.294 e. The Morgan fingerprint density at radius 1 is 1.17 bits per heavy atom. The van der Waals surface area contributed by atoms with Crippen LogP contribution in [0.5, 0.6) is 0 Å². The highest BCUT2D eigenvalue weighted by molar-refractivity contribution is 8.18. The van der Waals surface area contributed by atoms with Crippen molar-refractivity contribution in [1.82, 2.24) is 9.80 Å². The smallest absolute Gasteiger partial charge is 0.294 e. The lowest BCUT2D eigenvalue weighted by Gasteiger charge is -2.18. The molecule has 0 N–H and O–H groups in total. The van der Waals surface area contributed by atoms with Gasteiger partial charge in [-0.15, -0.1) is 0 Å². The summed E-state index contributed by atoms with van der Waals surface area (Å²) in [6, 6.07) is 7.88. The lowest BCUT2D eigenvalue weighted by atomic mass is 10.1. The number of thioether (sulfide) groups is 1. The molecule has 2 fully saturated rings. The summed E-state index contributed by atoms with van der Waals surface area (Å²) in [5, 5.41) is -0.371. The predicted octanol–water partition coefficient (Wildman–Crippen LogP) is 2.91. The second-order valence-electron chi connectivity index (χ2n) is 5.95. The molecule has 3 rings (SSSR count). The van der Waals surface area contributed by atoms with E-state index in [1.165, 1.54) is 5.56 Å². The Balaban J connectivity index is 1.70. The van der Waals surface area contributed by atoms with Crippen LogP contribution < -0.4 is 0 Å². The second kappa shape index (κ2) is 7.21. The zero-order valence-electron chi connectivity index (χ0n) is 13.7. The van der Waals surface area contributed by atoms with Gasteiger partial charge in [0.15, 0.2) is 0 Å². The van der Waals surface area contributed by atoms with Crippen LogP contribution in [0.1, 0.15) is 30.9 Å². The van der Waals surface area contributed by atoms with Gasteiger partial charge in [-0.3, -0.25) is 19.3 Å². The van der Waals surface area contributed by atoms with E-state index < -0.39 is 0 Å². The number of aryl methyl sites for hydroxylation is 1. The van der Waals surface area contributed by atoms with E-state index in [-0.39, 0.29) is 23.6 Å². The summed E-state index contributed by atoms with van der Waals surface area (Å²) in [5.41, 5.74) is 2.10. The van der Waals surface area contributed by atoms with Gasteiger partial charge < -0.3 is 4.90 Å². The van der Waals surface area contributed by atoms with E-state index in [0.717, 1.165) is 41.5 Å². The summed E-state index contributed by atoms with van der Waals surface area (Å²) < 4.78 is 0. The number of rotatable bonds is 4. The van der Waals surface area contributed by atoms with Crippen LogP contribution in [0.3, 0.4) is 0 Å². The Kier molecular flexibility index (Phi) is 5.04. The normalized spacial score (nSPS) is 19.6. The minimum absolute atomic E-state index is 0.150. The van der Waals surface area contributed by atoms with Crippen molar-refractivity contribution in [3.8, 4) is 0 Å². The van der Waals surface area contributed by atoms with Crippen molar-refractivity contribution in [3.63, 3.8) is 0 Å². The third kappa shape index (κ3) is 3.53. The first-order valence-electron chi connectivity index (χ1n) is 8.20. The Morgan fingerprint density at radius 2 is 1.83 bits per heavy atom. The maximum absolute atomic E-state index is 12.4. The number of hydrogen-bond donors (Lipinski definition) is 0. The molecule has 0 unspecified atom stereocenters. The summed E-state index contributed by atoms with van der Waals surface area (Å²) in [6.07, 6.45) is 4.64. The summed E-state index contributed by atoms with van der Waals surface area (Å²) in [7, 11) is 0. The monoisotopic (exact) mass is 344 g/mol. The predicted molar refractivity (Wildman–Crippen MR) is 94.3 cm³/mol. The Hall–Kier alpha value is -2.08. The van der Waals surface area contributed by atoms with Gasteiger partial charge in [-0.25, -0.2) is 0 Å². The fourth-order valence-electron chi connectivity index (χ4n) is 2.84. The molecule has 24 heavy (non-hydrogen) atoms. The van der Waals surface area contributed by atoms with E-state index in [0.29, 0.717) is 18.0 Å². The second-order valence-corrected chi connectivity index (χ2v) is 6.94. The Bertz CT molecular complexity index is 691. The van der Waals surface area contributed by atoms with Crippen molar-refractivity contribution < 1.29 is 14.4 Å². The minimum atomic E-state index is -0.378. The first-order chi connectivity index (χ1) is 11.6. The Labute approximate surface area is 145 Å². The summed E-state index contributed by atoms with van der Waals surface area (Å²) in [5.74, 6) is -0.527. The van der Waals surface area contributed by atoms with Crippen LogP contribution in [0.15, 0.2) is 29.2 Å². The molecule has 0 aliphatic carbocycles. The van der Waals surface area contributed by atoms with Gasteiger partial charge >= 0.3 is 0 Å². The van der Waals surface area contributed by atoms with Crippen molar-refractivity contribution in [2.75, 3.05) is 19.6 Å². The third-order valence-corrected chi connectivity index (χ3v) is 5.22. The molecule has 2 saturated heterocycles. The van der Waals surface area contributed by atoms with E-state index in [2.05, 4.69) is 6.92 Å². The maximum atomic E-state index is 12.4. The Morgan fingerprint density at radius 3 is 2.46 bits per heavy atom. The highest BCUT2D eigenvalue weighted by atomic mass is 32.2. The van der Waals surface area contributed by atoms with E-state index in [1.54, 1.807) is 11.0 Å². The van der Waals surface area contributed by atoms with Gasteiger partial charge in [0.05, 0.1) is 4.91 Å². The van der Waals surface area contributed by atoms with Crippen LogP contribution in [-0.4, -0.2) is 46.5 Å².